The Balaban J connectivity index is 3.52. The van der Waals surface area contributed by atoms with Gasteiger partial charge in [0.05, 0.1) is 34.8 Å². The molecule has 6 nitrogen and oxygen atoms in total. The monoisotopic (exact) mass is 298 g/mol. The number of nitro groups is 1. The Morgan fingerprint density at radius 3 is 2.71 bits per heavy atom. The zero-order valence-electron chi connectivity index (χ0n) is 8.77. The van der Waals surface area contributed by atoms with E-state index in [0.717, 1.165) is 6.07 Å². The SMILES string of the molecule is COC(=O)c1cc(C#N)c(CBr)c([N+](=O)[O-])c1. The highest BCUT2D eigenvalue weighted by atomic mass is 79.9. The summed E-state index contributed by atoms with van der Waals surface area (Å²) in [6.07, 6.45) is 0. The fourth-order valence-corrected chi connectivity index (χ4v) is 1.88. The van der Waals surface area contributed by atoms with Crippen LogP contribution in [0.1, 0.15) is 21.5 Å². The van der Waals surface area contributed by atoms with Gasteiger partial charge in [-0.05, 0) is 6.07 Å². The summed E-state index contributed by atoms with van der Waals surface area (Å²) in [5.41, 5.74) is 0.0309. The summed E-state index contributed by atoms with van der Waals surface area (Å²) in [6, 6.07) is 4.19. The maximum atomic E-state index is 11.3. The van der Waals surface area contributed by atoms with Gasteiger partial charge in [0.25, 0.3) is 5.69 Å². The fourth-order valence-electron chi connectivity index (χ4n) is 1.30. The highest BCUT2D eigenvalue weighted by molar-refractivity contribution is 9.08. The predicted octanol–water partition coefficient (Wildman–Crippen LogP) is 2.15. The van der Waals surface area contributed by atoms with Crippen LogP contribution in [0.15, 0.2) is 12.1 Å². The Morgan fingerprint density at radius 2 is 2.29 bits per heavy atom. The lowest BCUT2D eigenvalue weighted by Gasteiger charge is -2.05. The number of hydrogen-bond donors (Lipinski definition) is 0. The second kappa shape index (κ2) is 5.41. The number of hydrogen-bond acceptors (Lipinski definition) is 5. The Bertz CT molecular complexity index is 522. The summed E-state index contributed by atoms with van der Waals surface area (Å²) in [7, 11) is 1.17. The average molecular weight is 299 g/mol. The summed E-state index contributed by atoms with van der Waals surface area (Å²) >= 11 is 3.08. The lowest BCUT2D eigenvalue weighted by molar-refractivity contribution is -0.385. The van der Waals surface area contributed by atoms with Crippen LogP contribution in [-0.4, -0.2) is 18.0 Å². The Kier molecular flexibility index (Phi) is 4.17. The molecule has 0 bridgehead atoms. The first-order chi connectivity index (χ1) is 8.04. The van der Waals surface area contributed by atoms with E-state index in [0.29, 0.717) is 0 Å². The van der Waals surface area contributed by atoms with Crippen molar-refractivity contribution in [1.29, 1.82) is 5.26 Å². The van der Waals surface area contributed by atoms with Crippen molar-refractivity contribution >= 4 is 27.6 Å². The van der Waals surface area contributed by atoms with Crippen LogP contribution in [0, 0.1) is 21.4 Å². The van der Waals surface area contributed by atoms with Crippen LogP contribution < -0.4 is 0 Å². The van der Waals surface area contributed by atoms with Crippen LogP contribution in [0.4, 0.5) is 5.69 Å². The number of ether oxygens (including phenoxy) is 1. The molecule has 0 N–H and O–H groups in total. The van der Waals surface area contributed by atoms with E-state index >= 15 is 0 Å². The zero-order chi connectivity index (χ0) is 13.0. The van der Waals surface area contributed by atoms with Gasteiger partial charge in [-0.1, -0.05) is 15.9 Å². The molecule has 0 amide bonds. The summed E-state index contributed by atoms with van der Waals surface area (Å²) < 4.78 is 4.46. The van der Waals surface area contributed by atoms with Crippen LogP contribution in [0.25, 0.3) is 0 Å². The number of nitrogens with zero attached hydrogens (tertiary/aromatic N) is 2. The normalized spacial score (nSPS) is 9.47. The summed E-state index contributed by atoms with van der Waals surface area (Å²) in [4.78, 5) is 21.5. The molecule has 1 aromatic carbocycles. The number of rotatable bonds is 3. The number of halogens is 1. The molecule has 0 atom stereocenters. The Hall–Kier alpha value is -1.94. The van der Waals surface area contributed by atoms with Crippen molar-refractivity contribution in [3.05, 3.63) is 38.9 Å². The van der Waals surface area contributed by atoms with Gasteiger partial charge >= 0.3 is 5.97 Å². The number of carbonyl (C=O) groups is 1. The van der Waals surface area contributed by atoms with E-state index in [2.05, 4.69) is 20.7 Å². The van der Waals surface area contributed by atoms with Crippen molar-refractivity contribution < 1.29 is 14.5 Å². The molecule has 0 saturated carbocycles. The van der Waals surface area contributed by atoms with Gasteiger partial charge in [0.2, 0.25) is 0 Å². The van der Waals surface area contributed by atoms with Gasteiger partial charge in [-0.25, -0.2) is 4.79 Å². The maximum Gasteiger partial charge on any atom is 0.338 e. The molecule has 0 aliphatic heterocycles. The molecule has 0 aliphatic rings. The van der Waals surface area contributed by atoms with Gasteiger partial charge in [0.1, 0.15) is 0 Å². The number of nitriles is 1. The standard InChI is InChI=1S/C10H7BrN2O4/c1-17-10(14)6-2-7(5-12)8(4-11)9(3-6)13(15)16/h2-3H,4H2,1H3. The van der Waals surface area contributed by atoms with Crippen molar-refractivity contribution in [2.24, 2.45) is 0 Å². The highest BCUT2D eigenvalue weighted by Gasteiger charge is 2.21. The van der Waals surface area contributed by atoms with Crippen molar-refractivity contribution in [2.45, 2.75) is 5.33 Å². The van der Waals surface area contributed by atoms with Gasteiger partial charge in [-0.3, -0.25) is 10.1 Å². The van der Waals surface area contributed by atoms with Gasteiger partial charge in [0.15, 0.2) is 0 Å². The molecule has 0 fully saturated rings. The van der Waals surface area contributed by atoms with E-state index in [1.165, 1.54) is 13.2 Å². The molecule has 1 rings (SSSR count). The van der Waals surface area contributed by atoms with Crippen LogP contribution in [0.3, 0.4) is 0 Å². The summed E-state index contributed by atoms with van der Waals surface area (Å²) in [5, 5.41) is 19.9. The molecule has 0 aliphatic carbocycles. The molecular weight excluding hydrogens is 292 g/mol. The average Bonchev–Trinajstić information content (AvgIpc) is 2.35. The number of benzene rings is 1. The van der Waals surface area contributed by atoms with Crippen LogP contribution in [0.2, 0.25) is 0 Å². The summed E-state index contributed by atoms with van der Waals surface area (Å²) in [6.45, 7) is 0. The number of esters is 1. The number of nitro benzene ring substituents is 1. The van der Waals surface area contributed by atoms with Crippen molar-refractivity contribution in [2.75, 3.05) is 7.11 Å². The molecule has 0 unspecified atom stereocenters. The third-order valence-corrected chi connectivity index (χ3v) is 2.66. The van der Waals surface area contributed by atoms with E-state index < -0.39 is 10.9 Å². The molecule has 0 heterocycles. The van der Waals surface area contributed by atoms with Gasteiger partial charge in [-0.2, -0.15) is 5.26 Å². The zero-order valence-corrected chi connectivity index (χ0v) is 10.4. The lowest BCUT2D eigenvalue weighted by Crippen LogP contribution is -2.05. The van der Waals surface area contributed by atoms with Crippen LogP contribution in [0.5, 0.6) is 0 Å². The molecule has 7 heteroatoms. The molecular formula is C10H7BrN2O4. The first kappa shape index (κ1) is 13.1. The Morgan fingerprint density at radius 1 is 1.65 bits per heavy atom. The molecule has 0 spiro atoms. The molecule has 17 heavy (non-hydrogen) atoms. The number of alkyl halides is 1. The largest absolute Gasteiger partial charge is 0.465 e. The topological polar surface area (TPSA) is 93.2 Å². The van der Waals surface area contributed by atoms with E-state index in [1.54, 1.807) is 0 Å². The second-order valence-corrected chi connectivity index (χ2v) is 3.58. The molecule has 0 saturated heterocycles. The van der Waals surface area contributed by atoms with Crippen molar-refractivity contribution in [3.8, 4) is 6.07 Å². The van der Waals surface area contributed by atoms with E-state index in [4.69, 9.17) is 5.26 Å². The smallest absolute Gasteiger partial charge is 0.338 e. The molecule has 0 radical (unpaired) electrons. The fraction of sp³-hybridized carbons (Fsp3) is 0.200. The maximum absolute atomic E-state index is 11.3. The second-order valence-electron chi connectivity index (χ2n) is 3.02. The van der Waals surface area contributed by atoms with Gasteiger partial charge in [-0.15, -0.1) is 0 Å². The molecule has 88 valence electrons. The summed E-state index contributed by atoms with van der Waals surface area (Å²) in [5.74, 6) is -0.717. The first-order valence-electron chi connectivity index (χ1n) is 4.40. The minimum atomic E-state index is -0.717. The predicted molar refractivity (Wildman–Crippen MR) is 61.8 cm³/mol. The van der Waals surface area contributed by atoms with Gasteiger partial charge < -0.3 is 4.74 Å². The van der Waals surface area contributed by atoms with Gasteiger partial charge in [0, 0.05) is 11.4 Å². The van der Waals surface area contributed by atoms with Crippen molar-refractivity contribution in [1.82, 2.24) is 0 Å². The molecule has 1 aromatic rings. The number of carbonyl (C=O) groups excluding carboxylic acids is 1. The van der Waals surface area contributed by atoms with E-state index in [1.807, 2.05) is 6.07 Å². The first-order valence-corrected chi connectivity index (χ1v) is 5.53. The number of methoxy groups -OCH3 is 1. The Labute approximate surface area is 105 Å². The quantitative estimate of drug-likeness (QED) is 0.369. The highest BCUT2D eigenvalue weighted by Crippen LogP contribution is 2.26. The minimum Gasteiger partial charge on any atom is -0.465 e. The molecule has 0 aromatic heterocycles. The third-order valence-electron chi connectivity index (χ3n) is 2.10. The minimum absolute atomic E-state index is 0.0135. The lowest BCUT2D eigenvalue weighted by atomic mass is 10.0. The van der Waals surface area contributed by atoms with E-state index in [-0.39, 0.29) is 27.7 Å². The van der Waals surface area contributed by atoms with Crippen molar-refractivity contribution in [3.63, 3.8) is 0 Å². The third kappa shape index (κ3) is 2.60. The van der Waals surface area contributed by atoms with Crippen LogP contribution in [-0.2, 0) is 10.1 Å². The van der Waals surface area contributed by atoms with E-state index in [9.17, 15) is 14.9 Å². The van der Waals surface area contributed by atoms with Crippen LogP contribution >= 0.6 is 15.9 Å².